The van der Waals surface area contributed by atoms with Crippen molar-refractivity contribution >= 4 is 17.2 Å². The Morgan fingerprint density at radius 3 is 1.97 bits per heavy atom. The fraction of sp³-hybridized carbons (Fsp3) is 0.773. The molecule has 3 heterocycles. The van der Waals surface area contributed by atoms with Crippen molar-refractivity contribution in [3.63, 3.8) is 0 Å². The standard InChI is InChI=1S/C22H30F6N4OS/c23-21(24,25)12-31-5-1-15(2-6-31)29-18-10-17(18)14-9-19(34-11-14)20(33)30-16-3-7-32(8-4-16)13-22(26,27)28/h9,11,15-18,29H,1-8,10,12-13H2,(H,30,33). The van der Waals surface area contributed by atoms with Crippen molar-refractivity contribution < 1.29 is 31.1 Å². The number of rotatable bonds is 7. The summed E-state index contributed by atoms with van der Waals surface area (Å²) in [6.45, 7) is -0.266. The van der Waals surface area contributed by atoms with Gasteiger partial charge < -0.3 is 10.6 Å². The van der Waals surface area contributed by atoms with Crippen LogP contribution < -0.4 is 10.6 Å². The molecular formula is C22H30F6N4OS. The van der Waals surface area contributed by atoms with Crippen LogP contribution >= 0.6 is 11.3 Å². The monoisotopic (exact) mass is 512 g/mol. The van der Waals surface area contributed by atoms with Gasteiger partial charge in [0.15, 0.2) is 0 Å². The quantitative estimate of drug-likeness (QED) is 0.543. The number of carbonyl (C=O) groups excluding carboxylic acids is 1. The smallest absolute Gasteiger partial charge is 0.349 e. The lowest BCUT2D eigenvalue weighted by molar-refractivity contribution is -0.148. The highest BCUT2D eigenvalue weighted by Crippen LogP contribution is 2.43. The molecule has 2 aliphatic heterocycles. The van der Waals surface area contributed by atoms with E-state index in [1.54, 1.807) is 0 Å². The maximum absolute atomic E-state index is 12.6. The highest BCUT2D eigenvalue weighted by molar-refractivity contribution is 7.12. The van der Waals surface area contributed by atoms with E-state index in [-0.39, 0.29) is 24.0 Å². The van der Waals surface area contributed by atoms with Gasteiger partial charge in [-0.2, -0.15) is 26.3 Å². The number of carbonyl (C=O) groups is 1. The van der Waals surface area contributed by atoms with Gasteiger partial charge in [0.25, 0.3) is 5.91 Å². The van der Waals surface area contributed by atoms with Crippen LogP contribution in [0.5, 0.6) is 0 Å². The zero-order chi connectivity index (χ0) is 24.5. The molecule has 192 valence electrons. The summed E-state index contributed by atoms with van der Waals surface area (Å²) in [5.41, 5.74) is 1.09. The van der Waals surface area contributed by atoms with Crippen LogP contribution in [0, 0.1) is 0 Å². The number of amides is 1. The SMILES string of the molecule is O=C(NC1CCN(CC(F)(F)F)CC1)c1cc(C2CC2NC2CCN(CC(F)(F)F)CC2)cs1. The first kappa shape index (κ1) is 25.7. The number of nitrogens with zero attached hydrogens (tertiary/aromatic N) is 2. The molecule has 1 aliphatic carbocycles. The topological polar surface area (TPSA) is 47.6 Å². The fourth-order valence-electron chi connectivity index (χ4n) is 4.97. The molecule has 2 N–H and O–H groups in total. The van der Waals surface area contributed by atoms with Crippen LogP contribution in [0.25, 0.3) is 0 Å². The van der Waals surface area contributed by atoms with Gasteiger partial charge in [-0.15, -0.1) is 11.3 Å². The summed E-state index contributed by atoms with van der Waals surface area (Å²) < 4.78 is 75.1. The van der Waals surface area contributed by atoms with Gasteiger partial charge in [-0.1, -0.05) is 0 Å². The summed E-state index contributed by atoms with van der Waals surface area (Å²) >= 11 is 1.36. The zero-order valence-corrected chi connectivity index (χ0v) is 19.5. The number of alkyl halides is 6. The van der Waals surface area contributed by atoms with Gasteiger partial charge in [0.2, 0.25) is 0 Å². The van der Waals surface area contributed by atoms with E-state index in [1.807, 2.05) is 11.4 Å². The number of likely N-dealkylation sites (tertiary alicyclic amines) is 2. The van der Waals surface area contributed by atoms with Crippen molar-refractivity contribution in [2.45, 2.75) is 68.5 Å². The Kier molecular flexibility index (Phi) is 7.80. The summed E-state index contributed by atoms with van der Waals surface area (Å²) in [6, 6.07) is 2.25. The molecule has 1 aromatic rings. The normalized spacial score (nSPS) is 26.1. The average molecular weight is 513 g/mol. The maximum Gasteiger partial charge on any atom is 0.401 e. The molecule has 3 aliphatic rings. The molecule has 2 unspecified atom stereocenters. The number of hydrogen-bond donors (Lipinski definition) is 2. The predicted octanol–water partition coefficient (Wildman–Crippen LogP) is 3.98. The van der Waals surface area contributed by atoms with Crippen LogP contribution in [0.15, 0.2) is 11.4 Å². The van der Waals surface area contributed by atoms with Gasteiger partial charge in [-0.25, -0.2) is 0 Å². The summed E-state index contributed by atoms with van der Waals surface area (Å²) in [5, 5.41) is 8.48. The third-order valence-corrected chi connectivity index (χ3v) is 7.78. The van der Waals surface area contributed by atoms with Crippen LogP contribution in [-0.2, 0) is 0 Å². The Labute approximate surface area is 198 Å². The van der Waals surface area contributed by atoms with Gasteiger partial charge in [-0.3, -0.25) is 14.6 Å². The predicted molar refractivity (Wildman–Crippen MR) is 117 cm³/mol. The second kappa shape index (κ2) is 10.3. The molecule has 0 aromatic carbocycles. The van der Waals surface area contributed by atoms with Crippen molar-refractivity contribution in [1.29, 1.82) is 0 Å². The number of piperidine rings is 2. The van der Waals surface area contributed by atoms with Gasteiger partial charge >= 0.3 is 12.4 Å². The van der Waals surface area contributed by atoms with Crippen LogP contribution in [0.2, 0.25) is 0 Å². The molecule has 0 radical (unpaired) electrons. The molecule has 4 rings (SSSR count). The van der Waals surface area contributed by atoms with E-state index in [9.17, 15) is 31.1 Å². The molecule has 34 heavy (non-hydrogen) atoms. The van der Waals surface area contributed by atoms with Crippen LogP contribution in [0.3, 0.4) is 0 Å². The van der Waals surface area contributed by atoms with E-state index < -0.39 is 25.4 Å². The highest BCUT2D eigenvalue weighted by Gasteiger charge is 2.41. The molecule has 3 fully saturated rings. The number of halogens is 6. The fourth-order valence-corrected chi connectivity index (χ4v) is 5.85. The minimum Gasteiger partial charge on any atom is -0.349 e. The molecule has 0 spiro atoms. The molecule has 1 aromatic heterocycles. The third kappa shape index (κ3) is 7.56. The van der Waals surface area contributed by atoms with E-state index in [0.717, 1.165) is 12.0 Å². The van der Waals surface area contributed by atoms with Crippen LogP contribution in [0.1, 0.15) is 53.3 Å². The van der Waals surface area contributed by atoms with Crippen LogP contribution in [0.4, 0.5) is 26.3 Å². The highest BCUT2D eigenvalue weighted by atomic mass is 32.1. The minimum absolute atomic E-state index is 0.124. The van der Waals surface area contributed by atoms with Gasteiger partial charge in [0.1, 0.15) is 0 Å². The lowest BCUT2D eigenvalue weighted by atomic mass is 10.0. The summed E-state index contributed by atoms with van der Waals surface area (Å²) in [5.74, 6) is 0.115. The lowest BCUT2D eigenvalue weighted by Gasteiger charge is -2.33. The third-order valence-electron chi connectivity index (χ3n) is 6.83. The van der Waals surface area contributed by atoms with Crippen molar-refractivity contribution in [2.24, 2.45) is 0 Å². The molecule has 1 saturated carbocycles. The van der Waals surface area contributed by atoms with E-state index in [1.165, 1.54) is 21.1 Å². The van der Waals surface area contributed by atoms with Crippen molar-refractivity contribution in [3.05, 3.63) is 21.9 Å². The summed E-state index contributed by atoms with van der Waals surface area (Å²) in [6.07, 6.45) is -5.04. The van der Waals surface area contributed by atoms with E-state index in [0.29, 0.717) is 62.7 Å². The first-order chi connectivity index (χ1) is 15.9. The van der Waals surface area contributed by atoms with Crippen molar-refractivity contribution in [1.82, 2.24) is 20.4 Å². The molecule has 5 nitrogen and oxygen atoms in total. The van der Waals surface area contributed by atoms with E-state index >= 15 is 0 Å². The number of nitrogens with one attached hydrogen (secondary N) is 2. The lowest BCUT2D eigenvalue weighted by Crippen LogP contribution is -2.46. The molecule has 1 amide bonds. The van der Waals surface area contributed by atoms with Gasteiger partial charge in [0, 0.05) is 37.1 Å². The Bertz CT molecular complexity index is 828. The zero-order valence-electron chi connectivity index (χ0n) is 18.7. The first-order valence-electron chi connectivity index (χ1n) is 11.7. The van der Waals surface area contributed by atoms with Crippen LogP contribution in [-0.4, -0.2) is 85.5 Å². The van der Waals surface area contributed by atoms with Crippen molar-refractivity contribution in [2.75, 3.05) is 39.3 Å². The molecular weight excluding hydrogens is 482 g/mol. The second-order valence-corrected chi connectivity index (χ2v) is 10.6. The molecule has 0 bridgehead atoms. The van der Waals surface area contributed by atoms with E-state index in [2.05, 4.69) is 10.6 Å². The Balaban J connectivity index is 1.17. The second-order valence-electron chi connectivity index (χ2n) is 9.66. The maximum atomic E-state index is 12.6. The Morgan fingerprint density at radius 1 is 0.912 bits per heavy atom. The van der Waals surface area contributed by atoms with Gasteiger partial charge in [0.05, 0.1) is 18.0 Å². The largest absolute Gasteiger partial charge is 0.401 e. The Hall–Kier alpha value is -1.37. The van der Waals surface area contributed by atoms with E-state index in [4.69, 9.17) is 0 Å². The summed E-state index contributed by atoms with van der Waals surface area (Å²) in [4.78, 5) is 16.0. The van der Waals surface area contributed by atoms with Crippen molar-refractivity contribution in [3.8, 4) is 0 Å². The Morgan fingerprint density at radius 2 is 1.44 bits per heavy atom. The average Bonchev–Trinajstić information content (AvgIpc) is 3.31. The number of thiophene rings is 1. The number of hydrogen-bond acceptors (Lipinski definition) is 5. The summed E-state index contributed by atoms with van der Waals surface area (Å²) in [7, 11) is 0. The minimum atomic E-state index is -4.20. The molecule has 12 heteroatoms. The molecule has 2 saturated heterocycles. The van der Waals surface area contributed by atoms with Gasteiger partial charge in [-0.05, 0) is 62.2 Å². The first-order valence-corrected chi connectivity index (χ1v) is 12.6. The molecule has 2 atom stereocenters.